The van der Waals surface area contributed by atoms with Crippen LogP contribution in [0.1, 0.15) is 25.0 Å². The molecule has 2 rings (SSSR count). The summed E-state index contributed by atoms with van der Waals surface area (Å²) in [5, 5.41) is 0.0244. The number of sulfonamides is 2. The van der Waals surface area contributed by atoms with Crippen molar-refractivity contribution in [3.8, 4) is 5.75 Å². The van der Waals surface area contributed by atoms with Gasteiger partial charge in [-0.25, -0.2) is 16.8 Å². The molecule has 0 fully saturated rings. The first-order chi connectivity index (χ1) is 13.5. The molecule has 0 radical (unpaired) electrons. The monoisotopic (exact) mass is 460 g/mol. The van der Waals surface area contributed by atoms with E-state index in [1.165, 1.54) is 35.7 Å². The van der Waals surface area contributed by atoms with Crippen LogP contribution in [-0.4, -0.2) is 41.3 Å². The highest BCUT2D eigenvalue weighted by molar-refractivity contribution is 7.92. The Morgan fingerprint density at radius 2 is 1.59 bits per heavy atom. The molecule has 0 unspecified atom stereocenters. The van der Waals surface area contributed by atoms with Crippen molar-refractivity contribution in [2.75, 3.05) is 24.9 Å². The summed E-state index contributed by atoms with van der Waals surface area (Å²) in [6.07, 6.45) is 0. The van der Waals surface area contributed by atoms with Crippen LogP contribution in [0, 0.1) is 13.8 Å². The van der Waals surface area contributed by atoms with Crippen LogP contribution in [-0.2, 0) is 20.0 Å². The second-order valence-electron chi connectivity index (χ2n) is 6.43. The molecule has 1 N–H and O–H groups in total. The van der Waals surface area contributed by atoms with Gasteiger partial charge >= 0.3 is 0 Å². The number of nitrogens with zero attached hydrogens (tertiary/aromatic N) is 1. The van der Waals surface area contributed by atoms with E-state index in [2.05, 4.69) is 4.72 Å². The molecule has 0 aromatic heterocycles. The van der Waals surface area contributed by atoms with Crippen molar-refractivity contribution in [2.24, 2.45) is 0 Å². The van der Waals surface area contributed by atoms with Crippen molar-refractivity contribution in [3.05, 3.63) is 46.5 Å². The fraction of sp³-hybridized carbons (Fsp3) is 0.368. The molecule has 0 saturated carbocycles. The Kier molecular flexibility index (Phi) is 7.21. The molecule has 7 nitrogen and oxygen atoms in total. The van der Waals surface area contributed by atoms with Gasteiger partial charge in [-0.2, -0.15) is 4.31 Å². The largest absolute Gasteiger partial charge is 0.496 e. The topological polar surface area (TPSA) is 92.8 Å². The first-order valence-corrected chi connectivity index (χ1v) is 12.3. The second kappa shape index (κ2) is 8.91. The van der Waals surface area contributed by atoms with Crippen LogP contribution in [0.2, 0.25) is 5.02 Å². The van der Waals surface area contributed by atoms with Crippen LogP contribution in [0.25, 0.3) is 0 Å². The fourth-order valence-corrected chi connectivity index (χ4v) is 6.27. The quantitative estimate of drug-likeness (QED) is 0.646. The zero-order valence-corrected chi connectivity index (χ0v) is 19.4. The summed E-state index contributed by atoms with van der Waals surface area (Å²) in [6, 6.07) is 7.18. The predicted molar refractivity (Wildman–Crippen MR) is 115 cm³/mol. The highest BCUT2D eigenvalue weighted by atomic mass is 35.5. The van der Waals surface area contributed by atoms with E-state index < -0.39 is 20.0 Å². The highest BCUT2D eigenvalue weighted by Crippen LogP contribution is 2.30. The van der Waals surface area contributed by atoms with Gasteiger partial charge in [-0.3, -0.25) is 4.72 Å². The third kappa shape index (κ3) is 4.85. The normalized spacial score (nSPS) is 12.2. The maximum atomic E-state index is 12.9. The summed E-state index contributed by atoms with van der Waals surface area (Å²) in [4.78, 5) is -0.0652. The lowest BCUT2D eigenvalue weighted by Gasteiger charge is -2.20. The Hall–Kier alpha value is -1.81. The molecule has 0 heterocycles. The van der Waals surface area contributed by atoms with Gasteiger partial charge in [0.1, 0.15) is 10.6 Å². The molecule has 0 aliphatic rings. The molecule has 2 aromatic rings. The Morgan fingerprint density at radius 1 is 0.966 bits per heavy atom. The number of halogens is 1. The third-order valence-corrected chi connectivity index (χ3v) is 8.54. The summed E-state index contributed by atoms with van der Waals surface area (Å²) in [6.45, 7) is 7.39. The fourth-order valence-electron chi connectivity index (χ4n) is 2.95. The number of hydrogen-bond acceptors (Lipinski definition) is 5. The van der Waals surface area contributed by atoms with Gasteiger partial charge in [0, 0.05) is 13.1 Å². The smallest absolute Gasteiger partial charge is 0.262 e. The summed E-state index contributed by atoms with van der Waals surface area (Å²) in [7, 11) is -6.29. The highest BCUT2D eigenvalue weighted by Gasteiger charge is 2.26. The number of hydrogen-bond donors (Lipinski definition) is 1. The molecule has 0 amide bonds. The first-order valence-electron chi connectivity index (χ1n) is 8.95. The number of anilines is 1. The zero-order valence-electron chi connectivity index (χ0n) is 17.0. The minimum Gasteiger partial charge on any atom is -0.496 e. The summed E-state index contributed by atoms with van der Waals surface area (Å²) in [5.74, 6) is 0.584. The van der Waals surface area contributed by atoms with E-state index in [4.69, 9.17) is 16.3 Å². The summed E-state index contributed by atoms with van der Waals surface area (Å²) in [5.41, 5.74) is 1.28. The van der Waals surface area contributed by atoms with Crippen LogP contribution in [0.4, 0.5) is 5.69 Å². The standard InChI is InChI=1S/C19H25ClN2O5S2/c1-6-22(7-2)29(25,26)19-12-15(8-9-16(19)20)21-28(23,24)18-11-13(3)17(27-5)10-14(18)4/h8-12,21H,6-7H2,1-5H3. The van der Waals surface area contributed by atoms with Crippen molar-refractivity contribution in [1.82, 2.24) is 4.31 Å². The van der Waals surface area contributed by atoms with Gasteiger partial charge in [-0.1, -0.05) is 25.4 Å². The molecule has 0 atom stereocenters. The lowest BCUT2D eigenvalue weighted by atomic mass is 10.1. The Balaban J connectivity index is 2.49. The van der Waals surface area contributed by atoms with Gasteiger partial charge in [0.2, 0.25) is 10.0 Å². The van der Waals surface area contributed by atoms with E-state index in [1.54, 1.807) is 33.8 Å². The lowest BCUT2D eigenvalue weighted by molar-refractivity contribution is 0.411. The maximum absolute atomic E-state index is 12.9. The molecule has 160 valence electrons. The number of methoxy groups -OCH3 is 1. The number of benzene rings is 2. The van der Waals surface area contributed by atoms with Gasteiger partial charge in [-0.15, -0.1) is 0 Å². The Labute approximate surface area is 177 Å². The first kappa shape index (κ1) is 23.5. The number of nitrogens with one attached hydrogen (secondary N) is 1. The Morgan fingerprint density at radius 3 is 2.14 bits per heavy atom. The van der Waals surface area contributed by atoms with Crippen molar-refractivity contribution >= 4 is 37.3 Å². The molecule has 10 heteroatoms. The molecular weight excluding hydrogens is 436 g/mol. The Bertz CT molecular complexity index is 1110. The zero-order chi connectivity index (χ0) is 22.0. The number of ether oxygens (including phenoxy) is 1. The minimum absolute atomic E-state index is 0.0244. The van der Waals surface area contributed by atoms with Crippen molar-refractivity contribution in [3.63, 3.8) is 0 Å². The molecule has 0 spiro atoms. The summed E-state index contributed by atoms with van der Waals surface area (Å²) < 4.78 is 60.4. The average molecular weight is 461 g/mol. The van der Waals surface area contributed by atoms with Gasteiger partial charge in [0.15, 0.2) is 0 Å². The number of rotatable bonds is 8. The predicted octanol–water partition coefficient (Wildman–Crippen LogP) is 3.80. The molecule has 0 saturated heterocycles. The van der Waals surface area contributed by atoms with Gasteiger partial charge in [0.25, 0.3) is 10.0 Å². The lowest BCUT2D eigenvalue weighted by Crippen LogP contribution is -2.30. The van der Waals surface area contributed by atoms with E-state index in [-0.39, 0.29) is 33.6 Å². The van der Waals surface area contributed by atoms with Crippen molar-refractivity contribution in [2.45, 2.75) is 37.5 Å². The maximum Gasteiger partial charge on any atom is 0.262 e. The minimum atomic E-state index is -3.96. The molecule has 29 heavy (non-hydrogen) atoms. The number of aryl methyl sites for hydroxylation is 2. The molecule has 2 aromatic carbocycles. The SMILES string of the molecule is CCN(CC)S(=O)(=O)c1cc(NS(=O)(=O)c2cc(C)c(OC)cc2C)ccc1Cl. The van der Waals surface area contributed by atoms with Gasteiger partial charge < -0.3 is 4.74 Å². The second-order valence-corrected chi connectivity index (χ2v) is 10.4. The molecular formula is C19H25ClN2O5S2. The van der Waals surface area contributed by atoms with E-state index in [1.807, 2.05) is 0 Å². The van der Waals surface area contributed by atoms with E-state index >= 15 is 0 Å². The molecule has 0 bridgehead atoms. The van der Waals surface area contributed by atoms with Crippen LogP contribution in [0.3, 0.4) is 0 Å². The van der Waals surface area contributed by atoms with Crippen molar-refractivity contribution < 1.29 is 21.6 Å². The van der Waals surface area contributed by atoms with Crippen LogP contribution >= 0.6 is 11.6 Å². The van der Waals surface area contributed by atoms with E-state index in [0.29, 0.717) is 16.9 Å². The molecule has 0 aliphatic heterocycles. The molecule has 0 aliphatic carbocycles. The van der Waals surface area contributed by atoms with Crippen molar-refractivity contribution in [1.29, 1.82) is 0 Å². The average Bonchev–Trinajstić information content (AvgIpc) is 2.65. The van der Waals surface area contributed by atoms with E-state index in [0.717, 1.165) is 0 Å². The van der Waals surface area contributed by atoms with Crippen LogP contribution < -0.4 is 9.46 Å². The van der Waals surface area contributed by atoms with Crippen LogP contribution in [0.5, 0.6) is 5.75 Å². The van der Waals surface area contributed by atoms with Gasteiger partial charge in [-0.05, 0) is 55.3 Å². The summed E-state index contributed by atoms with van der Waals surface area (Å²) >= 11 is 6.11. The third-order valence-electron chi connectivity index (χ3n) is 4.49. The van der Waals surface area contributed by atoms with Gasteiger partial charge in [0.05, 0.1) is 22.7 Å². The van der Waals surface area contributed by atoms with Crippen LogP contribution in [0.15, 0.2) is 40.1 Å². The van der Waals surface area contributed by atoms with E-state index in [9.17, 15) is 16.8 Å².